The molecule has 3 aliphatic rings. The van der Waals surface area contributed by atoms with Crippen LogP contribution in [0.2, 0.25) is 0 Å². The number of esters is 1. The molecular weight excluding hydrogens is 394 g/mol. The van der Waals surface area contributed by atoms with E-state index in [1.807, 2.05) is 6.92 Å². The van der Waals surface area contributed by atoms with Gasteiger partial charge in [-0.15, -0.1) is 0 Å². The third-order valence-corrected chi connectivity index (χ3v) is 7.64. The molecule has 1 atom stereocenters. The van der Waals surface area contributed by atoms with E-state index >= 15 is 0 Å². The van der Waals surface area contributed by atoms with Crippen molar-refractivity contribution in [3.8, 4) is 0 Å². The lowest BCUT2D eigenvalue weighted by molar-refractivity contribution is -0.183. The lowest BCUT2D eigenvalue weighted by Crippen LogP contribution is -2.52. The highest BCUT2D eigenvalue weighted by atomic mass is 32.2. The Kier molecular flexibility index (Phi) is 8.32. The summed E-state index contributed by atoms with van der Waals surface area (Å²) >= 11 is 0. The molecule has 0 aromatic heterocycles. The minimum atomic E-state index is -3.16. The van der Waals surface area contributed by atoms with E-state index in [9.17, 15) is 13.2 Å². The Morgan fingerprint density at radius 1 is 0.931 bits per heavy atom. The molecule has 2 aliphatic heterocycles. The third kappa shape index (κ3) is 6.37. The number of hydrogen-bond acceptors (Lipinski definition) is 7. The molecule has 0 radical (unpaired) electrons. The Bertz CT molecular complexity index is 630. The summed E-state index contributed by atoms with van der Waals surface area (Å²) in [5.41, 5.74) is 0. The molecule has 168 valence electrons. The second-order valence-electron chi connectivity index (χ2n) is 8.48. The van der Waals surface area contributed by atoms with E-state index < -0.39 is 10.0 Å². The third-order valence-electron chi connectivity index (χ3n) is 6.33. The number of likely N-dealkylation sites (tertiary alicyclic amines) is 1. The van der Waals surface area contributed by atoms with Crippen molar-refractivity contribution in [2.45, 2.75) is 64.3 Å². The maximum Gasteiger partial charge on any atom is 0.308 e. The van der Waals surface area contributed by atoms with Gasteiger partial charge in [0.1, 0.15) is 0 Å². The van der Waals surface area contributed by atoms with Crippen molar-refractivity contribution in [3.05, 3.63) is 0 Å². The molecule has 0 N–H and O–H groups in total. The molecular formula is C20H37N3O5S. The van der Waals surface area contributed by atoms with Crippen LogP contribution < -0.4 is 0 Å². The van der Waals surface area contributed by atoms with Crippen LogP contribution in [0.1, 0.15) is 51.9 Å². The van der Waals surface area contributed by atoms with Gasteiger partial charge in [0.15, 0.2) is 6.35 Å². The van der Waals surface area contributed by atoms with Crippen molar-refractivity contribution < 1.29 is 22.7 Å². The van der Waals surface area contributed by atoms with Crippen LogP contribution in [0, 0.1) is 5.92 Å². The van der Waals surface area contributed by atoms with E-state index in [0.29, 0.717) is 26.2 Å². The number of hydrogen-bond donors (Lipinski definition) is 0. The number of sulfonamides is 1. The SMILES string of the molecule is CCOC(=O)[C@H]1CC[C@H](OC(N2CCCC2)N2CCCN(S(C)(=O)=O)CC2)CC1. The molecule has 0 aromatic rings. The maximum absolute atomic E-state index is 12.0. The molecule has 3 rings (SSSR count). The van der Waals surface area contributed by atoms with E-state index in [1.165, 1.54) is 19.1 Å². The van der Waals surface area contributed by atoms with Crippen LogP contribution in [0.15, 0.2) is 0 Å². The number of rotatable bonds is 7. The van der Waals surface area contributed by atoms with Crippen LogP contribution in [0.3, 0.4) is 0 Å². The van der Waals surface area contributed by atoms with Crippen molar-refractivity contribution in [2.24, 2.45) is 5.92 Å². The van der Waals surface area contributed by atoms with Crippen molar-refractivity contribution in [3.63, 3.8) is 0 Å². The zero-order valence-corrected chi connectivity index (χ0v) is 18.7. The van der Waals surface area contributed by atoms with E-state index in [4.69, 9.17) is 9.47 Å². The first kappa shape index (κ1) is 22.9. The Hall–Kier alpha value is -0.740. The summed E-state index contributed by atoms with van der Waals surface area (Å²) in [5.74, 6) is -0.0723. The zero-order chi connectivity index (χ0) is 20.9. The van der Waals surface area contributed by atoms with Gasteiger partial charge in [-0.1, -0.05) is 0 Å². The van der Waals surface area contributed by atoms with E-state index in [0.717, 1.165) is 51.7 Å². The van der Waals surface area contributed by atoms with Gasteiger partial charge in [0, 0.05) is 39.3 Å². The highest BCUT2D eigenvalue weighted by Gasteiger charge is 2.35. The fourth-order valence-electron chi connectivity index (χ4n) is 4.70. The molecule has 1 saturated carbocycles. The van der Waals surface area contributed by atoms with Crippen LogP contribution >= 0.6 is 0 Å². The first-order chi connectivity index (χ1) is 13.9. The molecule has 8 nitrogen and oxygen atoms in total. The normalized spacial score (nSPS) is 29.4. The van der Waals surface area contributed by atoms with Crippen LogP contribution in [0.4, 0.5) is 0 Å². The summed E-state index contributed by atoms with van der Waals surface area (Å²) in [4.78, 5) is 16.7. The lowest BCUT2D eigenvalue weighted by atomic mass is 9.87. The second-order valence-corrected chi connectivity index (χ2v) is 10.5. The minimum absolute atomic E-state index is 0.00143. The Balaban J connectivity index is 1.59. The molecule has 0 spiro atoms. The van der Waals surface area contributed by atoms with Gasteiger partial charge in [-0.2, -0.15) is 0 Å². The minimum Gasteiger partial charge on any atom is -0.466 e. The number of carbonyl (C=O) groups excluding carboxylic acids is 1. The van der Waals surface area contributed by atoms with Crippen molar-refractivity contribution in [2.75, 3.05) is 52.1 Å². The molecule has 0 aromatic carbocycles. The van der Waals surface area contributed by atoms with Crippen LogP contribution in [0.25, 0.3) is 0 Å². The topological polar surface area (TPSA) is 79.4 Å². The Morgan fingerprint density at radius 3 is 2.17 bits per heavy atom. The van der Waals surface area contributed by atoms with Gasteiger partial charge in [-0.25, -0.2) is 12.7 Å². The molecule has 1 unspecified atom stereocenters. The van der Waals surface area contributed by atoms with E-state index in [1.54, 1.807) is 4.31 Å². The fourth-order valence-corrected chi connectivity index (χ4v) is 5.57. The average Bonchev–Trinajstić information content (AvgIpc) is 3.09. The molecule has 0 amide bonds. The Morgan fingerprint density at radius 2 is 1.55 bits per heavy atom. The summed E-state index contributed by atoms with van der Waals surface area (Å²) < 4.78 is 37.3. The molecule has 3 fully saturated rings. The number of carbonyl (C=O) groups is 1. The van der Waals surface area contributed by atoms with Crippen LogP contribution in [-0.4, -0.2) is 93.1 Å². The summed E-state index contributed by atoms with van der Waals surface area (Å²) in [6.07, 6.45) is 7.89. The second kappa shape index (κ2) is 10.5. The highest BCUT2D eigenvalue weighted by Crippen LogP contribution is 2.30. The van der Waals surface area contributed by atoms with Gasteiger partial charge in [0.05, 0.1) is 24.9 Å². The van der Waals surface area contributed by atoms with Gasteiger partial charge in [0.25, 0.3) is 0 Å². The predicted octanol–water partition coefficient (Wildman–Crippen LogP) is 1.47. The summed E-state index contributed by atoms with van der Waals surface area (Å²) in [6, 6.07) is 0. The maximum atomic E-state index is 12.0. The standard InChI is InChI=1S/C20H37N3O5S/c1-3-27-19(24)17-7-9-18(10-8-17)28-20(21-11-4-5-12-21)22-13-6-14-23(16-15-22)29(2,25)26/h17-18,20H,3-16H2,1-2H3/t17-,18-,20?. The molecule has 2 heterocycles. The fraction of sp³-hybridized carbons (Fsp3) is 0.950. The monoisotopic (exact) mass is 431 g/mol. The largest absolute Gasteiger partial charge is 0.466 e. The van der Waals surface area contributed by atoms with Crippen LogP contribution in [0.5, 0.6) is 0 Å². The lowest BCUT2D eigenvalue weighted by Gasteiger charge is -2.40. The van der Waals surface area contributed by atoms with Crippen LogP contribution in [-0.2, 0) is 24.3 Å². The zero-order valence-electron chi connectivity index (χ0n) is 17.9. The molecule has 2 saturated heterocycles. The number of nitrogens with zero attached hydrogens (tertiary/aromatic N) is 3. The first-order valence-corrected chi connectivity index (χ1v) is 13.0. The summed E-state index contributed by atoms with van der Waals surface area (Å²) in [5, 5.41) is 0. The summed E-state index contributed by atoms with van der Waals surface area (Å²) in [6.45, 7) is 6.95. The van der Waals surface area contributed by atoms with Gasteiger partial charge in [-0.3, -0.25) is 14.6 Å². The smallest absolute Gasteiger partial charge is 0.308 e. The first-order valence-electron chi connectivity index (χ1n) is 11.1. The van der Waals surface area contributed by atoms with Gasteiger partial charge >= 0.3 is 5.97 Å². The quantitative estimate of drug-likeness (QED) is 0.565. The van der Waals surface area contributed by atoms with Gasteiger partial charge in [-0.05, 0) is 51.9 Å². The average molecular weight is 432 g/mol. The van der Waals surface area contributed by atoms with Crippen molar-refractivity contribution in [1.29, 1.82) is 0 Å². The van der Waals surface area contributed by atoms with Crippen molar-refractivity contribution in [1.82, 2.24) is 14.1 Å². The molecule has 9 heteroatoms. The summed E-state index contributed by atoms with van der Waals surface area (Å²) in [7, 11) is -3.16. The number of ether oxygens (including phenoxy) is 2. The molecule has 29 heavy (non-hydrogen) atoms. The predicted molar refractivity (Wildman–Crippen MR) is 111 cm³/mol. The molecule has 0 bridgehead atoms. The Labute approximate surface area is 175 Å². The van der Waals surface area contributed by atoms with Crippen molar-refractivity contribution >= 4 is 16.0 Å². The highest BCUT2D eigenvalue weighted by molar-refractivity contribution is 7.88. The van der Waals surface area contributed by atoms with E-state index in [2.05, 4.69) is 9.80 Å². The van der Waals surface area contributed by atoms with Gasteiger partial charge in [0.2, 0.25) is 10.0 Å². The molecule has 1 aliphatic carbocycles. The van der Waals surface area contributed by atoms with E-state index in [-0.39, 0.29) is 24.3 Å². The van der Waals surface area contributed by atoms with Gasteiger partial charge < -0.3 is 9.47 Å².